The monoisotopic (exact) mass is 168 g/mol. The van der Waals surface area contributed by atoms with Gasteiger partial charge in [-0.05, 0) is 6.92 Å². The van der Waals surface area contributed by atoms with E-state index in [1.807, 2.05) is 0 Å². The van der Waals surface area contributed by atoms with Gasteiger partial charge in [-0.3, -0.25) is 4.79 Å². The molecule has 0 fully saturated rings. The fourth-order valence-electron chi connectivity index (χ4n) is 0.877. The molecule has 1 amide bonds. The molecule has 0 spiro atoms. The van der Waals surface area contributed by atoms with E-state index >= 15 is 0 Å². The Morgan fingerprint density at radius 2 is 2.67 bits per heavy atom. The first-order chi connectivity index (χ1) is 5.66. The number of imidazole rings is 1. The van der Waals surface area contributed by atoms with Crippen LogP contribution in [0.5, 0.6) is 0 Å². The van der Waals surface area contributed by atoms with Crippen LogP contribution in [0.3, 0.4) is 0 Å². The van der Waals surface area contributed by atoms with Crippen molar-refractivity contribution in [3.8, 4) is 0 Å². The number of nitrogens with zero attached hydrogens (tertiary/aromatic N) is 2. The number of aliphatic hydroxyl groups is 1. The number of amides is 1. The normalized spacial score (nSPS) is 12.8. The molecule has 1 radical (unpaired) electrons. The van der Waals surface area contributed by atoms with E-state index in [2.05, 4.69) is 11.2 Å². The predicted molar refractivity (Wildman–Crippen MR) is 41.4 cm³/mol. The zero-order valence-corrected chi connectivity index (χ0v) is 6.69. The zero-order valence-electron chi connectivity index (χ0n) is 6.69. The van der Waals surface area contributed by atoms with Crippen LogP contribution in [0.4, 0.5) is 0 Å². The molecule has 1 unspecified atom stereocenters. The molecule has 5 heteroatoms. The first kappa shape index (κ1) is 8.73. The van der Waals surface area contributed by atoms with Crippen molar-refractivity contribution in [3.05, 3.63) is 18.2 Å². The number of hydrogen-bond acceptors (Lipinski definition) is 3. The number of aliphatic hydroxyl groups excluding tert-OH is 1. The highest BCUT2D eigenvalue weighted by atomic mass is 16.3. The zero-order chi connectivity index (χ0) is 9.14. The van der Waals surface area contributed by atoms with Crippen LogP contribution in [0.2, 0.25) is 0 Å². The van der Waals surface area contributed by atoms with E-state index < -0.39 is 5.91 Å². The van der Waals surface area contributed by atoms with Crippen molar-refractivity contribution in [2.24, 2.45) is 5.73 Å². The number of carbonyl (C=O) groups excluding carboxylic acids is 1. The third kappa shape index (κ3) is 1.45. The standard InChI is InChI=1S/C7H10N3O2/c1-5(4-11)10-3-2-9-7(10)6(8)12/h3,5,11H,4H2,1H3,(H2,8,12). The Morgan fingerprint density at radius 1 is 2.00 bits per heavy atom. The number of primary amides is 1. The van der Waals surface area contributed by atoms with Crippen molar-refractivity contribution < 1.29 is 9.90 Å². The Labute approximate surface area is 69.8 Å². The highest BCUT2D eigenvalue weighted by Gasteiger charge is 2.12. The molecular formula is C7H10N3O2. The largest absolute Gasteiger partial charge is 0.394 e. The summed E-state index contributed by atoms with van der Waals surface area (Å²) >= 11 is 0. The van der Waals surface area contributed by atoms with Crippen molar-refractivity contribution in [3.63, 3.8) is 0 Å². The smallest absolute Gasteiger partial charge is 0.284 e. The van der Waals surface area contributed by atoms with Crippen molar-refractivity contribution in [1.29, 1.82) is 0 Å². The first-order valence-corrected chi connectivity index (χ1v) is 3.52. The molecule has 1 atom stereocenters. The number of aromatic nitrogens is 2. The van der Waals surface area contributed by atoms with E-state index in [1.54, 1.807) is 6.92 Å². The Bertz CT molecular complexity index is 282. The minimum Gasteiger partial charge on any atom is -0.394 e. The van der Waals surface area contributed by atoms with Gasteiger partial charge in [0.2, 0.25) is 0 Å². The fourth-order valence-corrected chi connectivity index (χ4v) is 0.877. The minimum absolute atomic E-state index is 0.0650. The van der Waals surface area contributed by atoms with Crippen molar-refractivity contribution >= 4 is 5.91 Å². The molecule has 0 aromatic carbocycles. The second kappa shape index (κ2) is 3.36. The molecule has 0 saturated carbocycles. The molecule has 0 bridgehead atoms. The van der Waals surface area contributed by atoms with E-state index in [0.717, 1.165) is 0 Å². The van der Waals surface area contributed by atoms with Crippen LogP contribution in [0, 0.1) is 6.20 Å². The SMILES string of the molecule is CC(CO)n1c[c]nc1C(N)=O. The van der Waals surface area contributed by atoms with Crippen LogP contribution in [-0.4, -0.2) is 27.2 Å². The van der Waals surface area contributed by atoms with Gasteiger partial charge >= 0.3 is 0 Å². The quantitative estimate of drug-likeness (QED) is 0.628. The average molecular weight is 168 g/mol. The third-order valence-electron chi connectivity index (χ3n) is 1.57. The molecule has 0 aliphatic carbocycles. The lowest BCUT2D eigenvalue weighted by Gasteiger charge is -2.10. The number of nitrogens with two attached hydrogens (primary N) is 1. The highest BCUT2D eigenvalue weighted by molar-refractivity contribution is 5.89. The molecule has 0 aliphatic rings. The lowest BCUT2D eigenvalue weighted by atomic mass is 10.3. The van der Waals surface area contributed by atoms with Crippen LogP contribution in [0.15, 0.2) is 6.20 Å². The van der Waals surface area contributed by atoms with Crippen LogP contribution in [0.25, 0.3) is 0 Å². The van der Waals surface area contributed by atoms with E-state index in [0.29, 0.717) is 0 Å². The van der Waals surface area contributed by atoms with E-state index in [1.165, 1.54) is 10.8 Å². The summed E-state index contributed by atoms with van der Waals surface area (Å²) in [4.78, 5) is 14.4. The Hall–Kier alpha value is -1.36. The molecule has 1 aromatic rings. The lowest BCUT2D eigenvalue weighted by molar-refractivity contribution is 0.0982. The molecule has 0 saturated heterocycles. The van der Waals surface area contributed by atoms with E-state index in [9.17, 15) is 4.79 Å². The van der Waals surface area contributed by atoms with E-state index in [-0.39, 0.29) is 18.5 Å². The third-order valence-corrected chi connectivity index (χ3v) is 1.57. The van der Waals surface area contributed by atoms with Gasteiger partial charge in [0.25, 0.3) is 5.91 Å². The van der Waals surface area contributed by atoms with Gasteiger partial charge in [0.05, 0.1) is 12.6 Å². The molecule has 0 aliphatic heterocycles. The van der Waals surface area contributed by atoms with Crippen molar-refractivity contribution in [1.82, 2.24) is 9.55 Å². The molecule has 1 heterocycles. The van der Waals surface area contributed by atoms with Gasteiger partial charge in [0, 0.05) is 6.20 Å². The fraction of sp³-hybridized carbons (Fsp3) is 0.429. The average Bonchev–Trinajstić information content (AvgIpc) is 2.50. The summed E-state index contributed by atoms with van der Waals surface area (Å²) in [7, 11) is 0. The summed E-state index contributed by atoms with van der Waals surface area (Å²) in [6, 6.07) is -0.203. The summed E-state index contributed by atoms with van der Waals surface area (Å²) in [5.74, 6) is -0.492. The summed E-state index contributed by atoms with van der Waals surface area (Å²) in [5, 5.41) is 8.80. The summed E-state index contributed by atoms with van der Waals surface area (Å²) < 4.78 is 1.49. The number of hydrogen-bond donors (Lipinski definition) is 2. The number of carbonyl (C=O) groups is 1. The molecule has 1 rings (SSSR count). The van der Waals surface area contributed by atoms with Gasteiger partial charge in [-0.1, -0.05) is 0 Å². The molecule has 1 aromatic heterocycles. The van der Waals surface area contributed by atoms with Gasteiger partial charge in [0.1, 0.15) is 6.20 Å². The van der Waals surface area contributed by atoms with Crippen LogP contribution in [-0.2, 0) is 0 Å². The van der Waals surface area contributed by atoms with Gasteiger partial charge in [-0.2, -0.15) is 0 Å². The molecular weight excluding hydrogens is 158 g/mol. The first-order valence-electron chi connectivity index (χ1n) is 3.52. The van der Waals surface area contributed by atoms with Crippen molar-refractivity contribution in [2.75, 3.05) is 6.61 Å². The summed E-state index contributed by atoms with van der Waals surface area (Å²) in [6.45, 7) is 1.69. The topological polar surface area (TPSA) is 81.1 Å². The molecule has 65 valence electrons. The van der Waals surface area contributed by atoms with Gasteiger partial charge in [0.15, 0.2) is 5.82 Å². The maximum absolute atomic E-state index is 10.7. The Balaban J connectivity index is 2.98. The second-order valence-electron chi connectivity index (χ2n) is 2.50. The Kier molecular flexibility index (Phi) is 2.44. The maximum atomic E-state index is 10.7. The van der Waals surface area contributed by atoms with Crippen LogP contribution in [0.1, 0.15) is 23.6 Å². The van der Waals surface area contributed by atoms with Crippen LogP contribution >= 0.6 is 0 Å². The summed E-state index contributed by atoms with van der Waals surface area (Å²) in [6.07, 6.45) is 3.98. The second-order valence-corrected chi connectivity index (χ2v) is 2.50. The predicted octanol–water partition coefficient (Wildman–Crippen LogP) is -0.665. The molecule has 5 nitrogen and oxygen atoms in total. The highest BCUT2D eigenvalue weighted by Crippen LogP contribution is 2.06. The van der Waals surface area contributed by atoms with Crippen molar-refractivity contribution in [2.45, 2.75) is 13.0 Å². The van der Waals surface area contributed by atoms with Gasteiger partial charge in [-0.15, -0.1) is 0 Å². The molecule has 12 heavy (non-hydrogen) atoms. The lowest BCUT2D eigenvalue weighted by Crippen LogP contribution is -2.21. The van der Waals surface area contributed by atoms with Gasteiger partial charge < -0.3 is 15.4 Å². The van der Waals surface area contributed by atoms with E-state index in [4.69, 9.17) is 10.8 Å². The molecule has 3 N–H and O–H groups in total. The minimum atomic E-state index is -0.614. The maximum Gasteiger partial charge on any atom is 0.284 e. The van der Waals surface area contributed by atoms with Crippen LogP contribution < -0.4 is 5.73 Å². The number of rotatable bonds is 3. The Morgan fingerprint density at radius 3 is 3.17 bits per heavy atom. The summed E-state index contributed by atoms with van der Waals surface area (Å²) in [5.41, 5.74) is 5.03. The van der Waals surface area contributed by atoms with Gasteiger partial charge in [-0.25, -0.2) is 4.98 Å².